The van der Waals surface area contributed by atoms with Crippen LogP contribution in [0.4, 0.5) is 4.39 Å². The van der Waals surface area contributed by atoms with Crippen LogP contribution in [0.5, 0.6) is 5.75 Å². The Hall–Kier alpha value is -3.01. The van der Waals surface area contributed by atoms with Crippen LogP contribution in [0.1, 0.15) is 10.4 Å². The van der Waals surface area contributed by atoms with Crippen LogP contribution in [0.3, 0.4) is 0 Å². The molecule has 0 atom stereocenters. The van der Waals surface area contributed by atoms with Gasteiger partial charge in [0.05, 0.1) is 12.9 Å². The number of sulfonamides is 1. The fourth-order valence-electron chi connectivity index (χ4n) is 2.51. The third-order valence-corrected chi connectivity index (χ3v) is 5.04. The number of benzene rings is 1. The fraction of sp³-hybridized carbons (Fsp3) is 0.235. The molecule has 142 valence electrons. The van der Waals surface area contributed by atoms with E-state index in [2.05, 4.69) is 4.40 Å². The Morgan fingerprint density at radius 1 is 1.33 bits per heavy atom. The highest BCUT2D eigenvalue weighted by Crippen LogP contribution is 2.20. The largest absolute Gasteiger partial charge is 0.494 e. The standard InChI is InChI=1S/C17H15FN2O6S/c1-25-15-5-4-11(9-13(15)18)14(21)10-26-17(22)12-3-2-6-20-7-8-27(23,24)19-16(12)20/h2-6,9H,7-8,10H2,1H3. The molecule has 3 rings (SSSR count). The third-order valence-electron chi connectivity index (χ3n) is 3.89. The third kappa shape index (κ3) is 4.05. The van der Waals surface area contributed by atoms with Crippen LogP contribution >= 0.6 is 0 Å². The summed E-state index contributed by atoms with van der Waals surface area (Å²) < 4.78 is 50.4. The molecule has 10 heteroatoms. The van der Waals surface area contributed by atoms with Crippen molar-refractivity contribution in [1.82, 2.24) is 4.90 Å². The number of methoxy groups -OCH3 is 1. The lowest BCUT2D eigenvalue weighted by atomic mass is 10.1. The fourth-order valence-corrected chi connectivity index (χ4v) is 3.49. The number of allylic oxidation sites excluding steroid dienone is 2. The molecule has 2 heterocycles. The summed E-state index contributed by atoms with van der Waals surface area (Å²) in [5, 5.41) is 0. The first kappa shape index (κ1) is 18.8. The number of ketones is 1. The molecule has 2 aliphatic rings. The van der Waals surface area contributed by atoms with Crippen molar-refractivity contribution in [3.63, 3.8) is 0 Å². The summed E-state index contributed by atoms with van der Waals surface area (Å²) in [5.74, 6) is -2.46. The minimum Gasteiger partial charge on any atom is -0.494 e. The molecule has 0 aromatic heterocycles. The monoisotopic (exact) mass is 394 g/mol. The first-order chi connectivity index (χ1) is 12.8. The number of Topliss-reactive ketones (excluding diaryl/α,β-unsaturated/α-hetero) is 1. The van der Waals surface area contributed by atoms with Crippen LogP contribution < -0.4 is 4.74 Å². The predicted molar refractivity (Wildman–Crippen MR) is 93.4 cm³/mol. The second kappa shape index (κ2) is 7.31. The van der Waals surface area contributed by atoms with Crippen LogP contribution in [-0.4, -0.2) is 56.9 Å². The zero-order chi connectivity index (χ0) is 19.6. The number of carbonyl (C=O) groups excluding carboxylic acids is 2. The second-order valence-corrected chi connectivity index (χ2v) is 7.42. The molecule has 27 heavy (non-hydrogen) atoms. The number of nitrogens with zero attached hydrogens (tertiary/aromatic N) is 2. The topological polar surface area (TPSA) is 102 Å². The number of hydrogen-bond donors (Lipinski definition) is 0. The van der Waals surface area contributed by atoms with E-state index < -0.39 is 34.2 Å². The number of hydrogen-bond acceptors (Lipinski definition) is 7. The Morgan fingerprint density at radius 3 is 2.81 bits per heavy atom. The molecule has 0 unspecified atom stereocenters. The Labute approximate surface area is 154 Å². The van der Waals surface area contributed by atoms with Gasteiger partial charge >= 0.3 is 5.97 Å². The molecule has 8 nitrogen and oxygen atoms in total. The van der Waals surface area contributed by atoms with Gasteiger partial charge in [0.2, 0.25) is 0 Å². The number of ether oxygens (including phenoxy) is 2. The molecular weight excluding hydrogens is 379 g/mol. The average molecular weight is 394 g/mol. The van der Waals surface area contributed by atoms with Gasteiger partial charge in [-0.1, -0.05) is 0 Å². The lowest BCUT2D eigenvalue weighted by Crippen LogP contribution is -2.40. The summed E-state index contributed by atoms with van der Waals surface area (Å²) in [6.07, 6.45) is 4.50. The van der Waals surface area contributed by atoms with E-state index in [0.717, 1.165) is 6.07 Å². The molecule has 0 amide bonds. The van der Waals surface area contributed by atoms with Crippen LogP contribution in [0.25, 0.3) is 0 Å². The maximum absolute atomic E-state index is 13.7. The quantitative estimate of drug-likeness (QED) is 0.543. The molecule has 0 spiro atoms. The van der Waals surface area contributed by atoms with Gasteiger partial charge in [-0.3, -0.25) is 4.79 Å². The van der Waals surface area contributed by atoms with E-state index in [1.807, 2.05) is 0 Å². The van der Waals surface area contributed by atoms with Gasteiger partial charge in [-0.2, -0.15) is 0 Å². The summed E-state index contributed by atoms with van der Waals surface area (Å²) in [6, 6.07) is 3.62. The molecule has 0 aliphatic carbocycles. The van der Waals surface area contributed by atoms with Crippen molar-refractivity contribution >= 4 is 27.6 Å². The molecule has 1 aromatic carbocycles. The van der Waals surface area contributed by atoms with E-state index in [9.17, 15) is 22.4 Å². The zero-order valence-corrected chi connectivity index (χ0v) is 15.0. The Bertz CT molecular complexity index is 997. The van der Waals surface area contributed by atoms with Crippen molar-refractivity contribution in [3.05, 3.63) is 53.5 Å². The summed E-state index contributed by atoms with van der Waals surface area (Å²) in [6.45, 7) is -0.474. The minimum absolute atomic E-state index is 0.0119. The van der Waals surface area contributed by atoms with E-state index in [1.165, 1.54) is 30.2 Å². The molecule has 0 saturated heterocycles. The van der Waals surface area contributed by atoms with Crippen LogP contribution in [0.2, 0.25) is 0 Å². The number of amidine groups is 1. The Kier molecular flexibility index (Phi) is 5.08. The summed E-state index contributed by atoms with van der Waals surface area (Å²) in [4.78, 5) is 25.9. The van der Waals surface area contributed by atoms with E-state index in [1.54, 1.807) is 12.3 Å². The molecule has 0 saturated carbocycles. The second-order valence-electron chi connectivity index (χ2n) is 5.66. The molecule has 0 fully saturated rings. The first-order valence-electron chi connectivity index (χ1n) is 7.83. The maximum atomic E-state index is 13.7. The minimum atomic E-state index is -3.66. The highest BCUT2D eigenvalue weighted by molar-refractivity contribution is 7.90. The molecule has 0 radical (unpaired) electrons. The van der Waals surface area contributed by atoms with Gasteiger partial charge in [0.25, 0.3) is 10.0 Å². The normalized spacial score (nSPS) is 17.5. The van der Waals surface area contributed by atoms with E-state index in [-0.39, 0.29) is 35.0 Å². The zero-order valence-electron chi connectivity index (χ0n) is 14.2. The number of fused-ring (bicyclic) bond motifs is 1. The van der Waals surface area contributed by atoms with Crippen LogP contribution in [0.15, 0.2) is 46.5 Å². The summed E-state index contributed by atoms with van der Waals surface area (Å²) in [7, 11) is -2.36. The molecular formula is C17H15FN2O6S. The van der Waals surface area contributed by atoms with Crippen molar-refractivity contribution in [2.75, 3.05) is 26.0 Å². The van der Waals surface area contributed by atoms with E-state index in [4.69, 9.17) is 9.47 Å². The Morgan fingerprint density at radius 2 is 2.11 bits per heavy atom. The van der Waals surface area contributed by atoms with Crippen molar-refractivity contribution in [2.45, 2.75) is 0 Å². The van der Waals surface area contributed by atoms with Crippen LogP contribution in [0, 0.1) is 5.82 Å². The highest BCUT2D eigenvalue weighted by Gasteiger charge is 2.31. The first-order valence-corrected chi connectivity index (χ1v) is 9.43. The highest BCUT2D eigenvalue weighted by atomic mass is 32.2. The summed E-state index contributed by atoms with van der Waals surface area (Å²) in [5.41, 5.74) is -0.0627. The molecule has 2 aliphatic heterocycles. The average Bonchev–Trinajstić information content (AvgIpc) is 2.64. The number of rotatable bonds is 5. The number of halogens is 1. The predicted octanol–water partition coefficient (Wildman–Crippen LogP) is 1.06. The molecule has 1 aromatic rings. The van der Waals surface area contributed by atoms with Gasteiger partial charge in [-0.15, -0.1) is 4.40 Å². The lowest BCUT2D eigenvalue weighted by molar-refractivity contribution is -0.137. The van der Waals surface area contributed by atoms with Gasteiger partial charge < -0.3 is 14.4 Å². The Balaban J connectivity index is 1.71. The van der Waals surface area contributed by atoms with Gasteiger partial charge in [0.15, 0.2) is 29.8 Å². The number of carbonyl (C=O) groups is 2. The van der Waals surface area contributed by atoms with E-state index >= 15 is 0 Å². The van der Waals surface area contributed by atoms with E-state index in [0.29, 0.717) is 0 Å². The van der Waals surface area contributed by atoms with Crippen molar-refractivity contribution < 1.29 is 31.9 Å². The van der Waals surface area contributed by atoms with Crippen molar-refractivity contribution in [3.8, 4) is 5.75 Å². The van der Waals surface area contributed by atoms with Crippen LogP contribution in [-0.2, 0) is 19.6 Å². The molecule has 0 bridgehead atoms. The van der Waals surface area contributed by atoms with Gasteiger partial charge in [0, 0.05) is 18.3 Å². The van der Waals surface area contributed by atoms with Gasteiger partial charge in [0.1, 0.15) is 5.57 Å². The van der Waals surface area contributed by atoms with Gasteiger partial charge in [-0.25, -0.2) is 17.6 Å². The SMILES string of the molecule is COc1ccc(C(=O)COC(=O)C2=CC=CN3CCS(=O)(=O)N=C23)cc1F. The smallest absolute Gasteiger partial charge is 0.342 e. The summed E-state index contributed by atoms with van der Waals surface area (Å²) >= 11 is 0. The maximum Gasteiger partial charge on any atom is 0.342 e. The van der Waals surface area contributed by atoms with Crippen molar-refractivity contribution in [2.24, 2.45) is 4.40 Å². The van der Waals surface area contributed by atoms with Crippen molar-refractivity contribution in [1.29, 1.82) is 0 Å². The molecule has 0 N–H and O–H groups in total. The van der Waals surface area contributed by atoms with Gasteiger partial charge in [-0.05, 0) is 30.4 Å². The number of esters is 1. The lowest BCUT2D eigenvalue weighted by Gasteiger charge is -2.28.